The van der Waals surface area contributed by atoms with Crippen LogP contribution in [0.15, 0.2) is 4.52 Å². The molecular weight excluding hydrogens is 270 g/mol. The van der Waals surface area contributed by atoms with Crippen molar-refractivity contribution in [1.29, 1.82) is 0 Å². The first-order valence-corrected chi connectivity index (χ1v) is 7.37. The lowest BCUT2D eigenvalue weighted by Gasteiger charge is -2.38. The lowest BCUT2D eigenvalue weighted by atomic mass is 10.1. The van der Waals surface area contributed by atoms with Gasteiger partial charge in [0.05, 0.1) is 6.04 Å². The Hall–Kier alpha value is -1.63. The molecule has 1 N–H and O–H groups in total. The molecule has 2 amide bonds. The van der Waals surface area contributed by atoms with Crippen LogP contribution in [0.5, 0.6) is 0 Å². The molecule has 1 saturated heterocycles. The summed E-state index contributed by atoms with van der Waals surface area (Å²) in [6.45, 7) is 12.9. The fraction of sp³-hybridized carbons (Fsp3) is 0.786. The first-order chi connectivity index (χ1) is 9.76. The minimum absolute atomic E-state index is 0.00482. The van der Waals surface area contributed by atoms with Crippen molar-refractivity contribution in [2.75, 3.05) is 26.2 Å². The molecule has 1 aromatic rings. The van der Waals surface area contributed by atoms with Gasteiger partial charge in [-0.2, -0.15) is 4.98 Å². The van der Waals surface area contributed by atoms with E-state index in [-0.39, 0.29) is 17.6 Å². The SMILES string of the molecule is Cc1nc(C(C)N2CCN(C(=O)NC(C)(C)C)CC2)no1. The van der Waals surface area contributed by atoms with Crippen molar-refractivity contribution < 1.29 is 9.32 Å². The molecule has 118 valence electrons. The summed E-state index contributed by atoms with van der Waals surface area (Å²) >= 11 is 0. The molecule has 21 heavy (non-hydrogen) atoms. The van der Waals surface area contributed by atoms with E-state index in [4.69, 9.17) is 4.52 Å². The lowest BCUT2D eigenvalue weighted by Crippen LogP contribution is -2.55. The van der Waals surface area contributed by atoms with Crippen molar-refractivity contribution >= 4 is 6.03 Å². The van der Waals surface area contributed by atoms with E-state index in [2.05, 4.69) is 27.3 Å². The third kappa shape index (κ3) is 4.17. The number of rotatable bonds is 2. The molecular formula is C14H25N5O2. The van der Waals surface area contributed by atoms with E-state index in [1.54, 1.807) is 6.92 Å². The van der Waals surface area contributed by atoms with E-state index in [1.165, 1.54) is 0 Å². The highest BCUT2D eigenvalue weighted by molar-refractivity contribution is 5.75. The van der Waals surface area contributed by atoms with E-state index in [9.17, 15) is 4.79 Å². The van der Waals surface area contributed by atoms with Crippen molar-refractivity contribution in [1.82, 2.24) is 25.3 Å². The minimum atomic E-state index is -0.205. The number of nitrogens with one attached hydrogen (secondary N) is 1. The van der Waals surface area contributed by atoms with Crippen LogP contribution in [0.25, 0.3) is 0 Å². The summed E-state index contributed by atoms with van der Waals surface area (Å²) in [5.41, 5.74) is -0.205. The zero-order valence-electron chi connectivity index (χ0n) is 13.5. The largest absolute Gasteiger partial charge is 0.340 e. The zero-order chi connectivity index (χ0) is 15.6. The van der Waals surface area contributed by atoms with Crippen LogP contribution in [-0.2, 0) is 0 Å². The first kappa shape index (κ1) is 15.8. The molecule has 1 aliphatic heterocycles. The molecule has 1 unspecified atom stereocenters. The van der Waals surface area contributed by atoms with Crippen molar-refractivity contribution in [3.05, 3.63) is 11.7 Å². The molecule has 0 saturated carbocycles. The number of hydrogen-bond donors (Lipinski definition) is 1. The summed E-state index contributed by atoms with van der Waals surface area (Å²) in [4.78, 5) is 20.5. The summed E-state index contributed by atoms with van der Waals surface area (Å²) < 4.78 is 5.03. The second kappa shape index (κ2) is 6.01. The fourth-order valence-electron chi connectivity index (χ4n) is 2.36. The summed E-state index contributed by atoms with van der Waals surface area (Å²) in [6.07, 6.45) is 0. The van der Waals surface area contributed by atoms with Crippen molar-refractivity contribution in [3.63, 3.8) is 0 Å². The van der Waals surface area contributed by atoms with Gasteiger partial charge in [-0.3, -0.25) is 4.90 Å². The summed E-state index contributed by atoms with van der Waals surface area (Å²) in [6, 6.07) is 0.112. The number of piperazine rings is 1. The summed E-state index contributed by atoms with van der Waals surface area (Å²) in [7, 11) is 0. The van der Waals surface area contributed by atoms with Gasteiger partial charge in [0.2, 0.25) is 5.89 Å². The zero-order valence-corrected chi connectivity index (χ0v) is 13.5. The van der Waals surface area contributed by atoms with Crippen LogP contribution in [0.4, 0.5) is 4.79 Å². The van der Waals surface area contributed by atoms with Crippen LogP contribution in [0, 0.1) is 6.92 Å². The van der Waals surface area contributed by atoms with Gasteiger partial charge in [0.1, 0.15) is 0 Å². The number of amides is 2. The van der Waals surface area contributed by atoms with Crippen LogP contribution in [-0.4, -0.2) is 57.7 Å². The second-order valence-corrected chi connectivity index (χ2v) is 6.55. The Labute approximate surface area is 125 Å². The molecule has 2 rings (SSSR count). The normalized spacial score (nSPS) is 18.6. The highest BCUT2D eigenvalue weighted by Crippen LogP contribution is 2.19. The van der Waals surface area contributed by atoms with Gasteiger partial charge in [-0.05, 0) is 27.7 Å². The van der Waals surface area contributed by atoms with Crippen molar-refractivity contribution in [3.8, 4) is 0 Å². The van der Waals surface area contributed by atoms with Crippen LogP contribution in [0.2, 0.25) is 0 Å². The third-order valence-corrected chi connectivity index (χ3v) is 3.55. The van der Waals surface area contributed by atoms with Gasteiger partial charge >= 0.3 is 6.03 Å². The Morgan fingerprint density at radius 2 is 1.90 bits per heavy atom. The lowest BCUT2D eigenvalue weighted by molar-refractivity contribution is 0.107. The highest BCUT2D eigenvalue weighted by Gasteiger charge is 2.28. The Bertz CT molecular complexity index is 486. The molecule has 0 bridgehead atoms. The molecule has 0 aromatic carbocycles. The average Bonchev–Trinajstić information content (AvgIpc) is 2.83. The molecule has 0 aliphatic carbocycles. The molecule has 1 atom stereocenters. The van der Waals surface area contributed by atoms with Gasteiger partial charge in [0.25, 0.3) is 0 Å². The maximum Gasteiger partial charge on any atom is 0.317 e. The number of urea groups is 1. The van der Waals surface area contributed by atoms with E-state index < -0.39 is 0 Å². The molecule has 2 heterocycles. The third-order valence-electron chi connectivity index (χ3n) is 3.55. The molecule has 0 spiro atoms. The number of hydrogen-bond acceptors (Lipinski definition) is 5. The van der Waals surface area contributed by atoms with E-state index in [1.807, 2.05) is 25.7 Å². The Kier molecular flexibility index (Phi) is 4.51. The van der Waals surface area contributed by atoms with Gasteiger partial charge in [0, 0.05) is 38.6 Å². The van der Waals surface area contributed by atoms with Gasteiger partial charge in [0.15, 0.2) is 5.82 Å². The number of aromatic nitrogens is 2. The topological polar surface area (TPSA) is 74.5 Å². The van der Waals surface area contributed by atoms with Crippen LogP contribution in [0.1, 0.15) is 45.5 Å². The average molecular weight is 295 g/mol. The molecule has 0 radical (unpaired) electrons. The quantitative estimate of drug-likeness (QED) is 0.896. The van der Waals surface area contributed by atoms with Crippen molar-refractivity contribution in [2.45, 2.75) is 46.2 Å². The standard InChI is InChI=1S/C14H25N5O2/c1-10(12-15-11(2)21-17-12)18-6-8-19(9-7-18)13(20)16-14(3,4)5/h10H,6-9H2,1-5H3,(H,16,20). The van der Waals surface area contributed by atoms with Crippen molar-refractivity contribution in [2.24, 2.45) is 0 Å². The molecule has 1 aliphatic rings. The van der Waals surface area contributed by atoms with Gasteiger partial charge in [-0.25, -0.2) is 4.79 Å². The molecule has 1 aromatic heterocycles. The predicted molar refractivity (Wildman–Crippen MR) is 78.9 cm³/mol. The predicted octanol–water partition coefficient (Wildman–Crippen LogP) is 1.56. The first-order valence-electron chi connectivity index (χ1n) is 7.37. The van der Waals surface area contributed by atoms with Gasteiger partial charge < -0.3 is 14.7 Å². The maximum absolute atomic E-state index is 12.1. The Morgan fingerprint density at radius 1 is 1.29 bits per heavy atom. The monoisotopic (exact) mass is 295 g/mol. The van der Waals surface area contributed by atoms with E-state index in [0.717, 1.165) is 13.1 Å². The maximum atomic E-state index is 12.1. The molecule has 1 fully saturated rings. The van der Waals surface area contributed by atoms with Gasteiger partial charge in [-0.1, -0.05) is 5.16 Å². The smallest absolute Gasteiger partial charge is 0.317 e. The molecule has 7 heteroatoms. The number of carbonyl (C=O) groups excluding carboxylic acids is 1. The molecule has 7 nitrogen and oxygen atoms in total. The minimum Gasteiger partial charge on any atom is -0.340 e. The van der Waals surface area contributed by atoms with Crippen LogP contribution in [0.3, 0.4) is 0 Å². The Morgan fingerprint density at radius 3 is 2.38 bits per heavy atom. The fourth-order valence-corrected chi connectivity index (χ4v) is 2.36. The second-order valence-electron chi connectivity index (χ2n) is 6.55. The van der Waals surface area contributed by atoms with E-state index >= 15 is 0 Å². The summed E-state index contributed by atoms with van der Waals surface area (Å²) in [5.74, 6) is 1.29. The number of nitrogens with zero attached hydrogens (tertiary/aromatic N) is 4. The summed E-state index contributed by atoms with van der Waals surface area (Å²) in [5, 5.41) is 6.97. The highest BCUT2D eigenvalue weighted by atomic mass is 16.5. The number of aryl methyl sites for hydroxylation is 1. The Balaban J connectivity index is 1.87. The number of carbonyl (C=O) groups is 1. The van der Waals surface area contributed by atoms with Crippen LogP contribution >= 0.6 is 0 Å². The van der Waals surface area contributed by atoms with Gasteiger partial charge in [-0.15, -0.1) is 0 Å². The van der Waals surface area contributed by atoms with Crippen LogP contribution < -0.4 is 5.32 Å². The van der Waals surface area contributed by atoms with E-state index in [0.29, 0.717) is 24.8 Å².